The molecule has 0 aliphatic heterocycles. The lowest BCUT2D eigenvalue weighted by molar-refractivity contribution is 0.1000. The van der Waals surface area contributed by atoms with Crippen molar-refractivity contribution in [2.45, 2.75) is 26.2 Å². The highest BCUT2D eigenvalue weighted by Gasteiger charge is 2.21. The SMILES string of the molecule is CCC(C)c1nn(C)c(N)c1C(N)=O. The fraction of sp³-hybridized carbons (Fsp3) is 0.556. The van der Waals surface area contributed by atoms with Crippen molar-refractivity contribution < 1.29 is 4.79 Å². The smallest absolute Gasteiger partial charge is 0.254 e. The van der Waals surface area contributed by atoms with E-state index in [0.29, 0.717) is 17.1 Å². The molecule has 0 fully saturated rings. The number of primary amides is 1. The largest absolute Gasteiger partial charge is 0.383 e. The maximum atomic E-state index is 11.2. The van der Waals surface area contributed by atoms with Gasteiger partial charge in [0.05, 0.1) is 5.69 Å². The molecule has 1 unspecified atom stereocenters. The number of rotatable bonds is 3. The lowest BCUT2D eigenvalue weighted by Gasteiger charge is -2.05. The van der Waals surface area contributed by atoms with Gasteiger partial charge in [0.1, 0.15) is 11.4 Å². The minimum absolute atomic E-state index is 0.195. The summed E-state index contributed by atoms with van der Waals surface area (Å²) in [6.45, 7) is 4.02. The Morgan fingerprint density at radius 2 is 2.21 bits per heavy atom. The Kier molecular flexibility index (Phi) is 2.78. The van der Waals surface area contributed by atoms with Crippen molar-refractivity contribution in [3.8, 4) is 0 Å². The summed E-state index contributed by atoms with van der Waals surface area (Å²) in [7, 11) is 1.70. The molecule has 78 valence electrons. The molecular formula is C9H16N4O. The summed E-state index contributed by atoms with van der Waals surface area (Å²) < 4.78 is 1.49. The summed E-state index contributed by atoms with van der Waals surface area (Å²) in [4.78, 5) is 11.2. The first-order valence-electron chi connectivity index (χ1n) is 4.61. The number of carbonyl (C=O) groups is 1. The number of anilines is 1. The van der Waals surface area contributed by atoms with Gasteiger partial charge in [-0.3, -0.25) is 9.48 Å². The molecule has 0 saturated heterocycles. The van der Waals surface area contributed by atoms with E-state index < -0.39 is 5.91 Å². The summed E-state index contributed by atoms with van der Waals surface area (Å²) in [6, 6.07) is 0. The molecule has 1 aromatic rings. The molecule has 1 atom stereocenters. The van der Waals surface area contributed by atoms with Crippen LogP contribution in [-0.4, -0.2) is 15.7 Å². The third kappa shape index (κ3) is 1.57. The number of carbonyl (C=O) groups excluding carboxylic acids is 1. The van der Waals surface area contributed by atoms with Gasteiger partial charge in [0.15, 0.2) is 0 Å². The predicted molar refractivity (Wildman–Crippen MR) is 54.8 cm³/mol. The summed E-state index contributed by atoms with van der Waals surface area (Å²) in [6.07, 6.45) is 0.900. The number of nitrogens with two attached hydrogens (primary N) is 2. The van der Waals surface area contributed by atoms with Crippen molar-refractivity contribution in [1.29, 1.82) is 0 Å². The number of hydrogen-bond acceptors (Lipinski definition) is 3. The van der Waals surface area contributed by atoms with Gasteiger partial charge in [-0.15, -0.1) is 0 Å². The molecule has 0 saturated carbocycles. The topological polar surface area (TPSA) is 86.9 Å². The number of amides is 1. The van der Waals surface area contributed by atoms with Crippen LogP contribution >= 0.6 is 0 Å². The van der Waals surface area contributed by atoms with Gasteiger partial charge < -0.3 is 11.5 Å². The highest BCUT2D eigenvalue weighted by Crippen LogP contribution is 2.24. The minimum atomic E-state index is -0.508. The van der Waals surface area contributed by atoms with Crippen LogP contribution in [0.5, 0.6) is 0 Å². The van der Waals surface area contributed by atoms with Crippen molar-refractivity contribution in [2.24, 2.45) is 12.8 Å². The van der Waals surface area contributed by atoms with E-state index in [-0.39, 0.29) is 5.92 Å². The first-order chi connectivity index (χ1) is 6.49. The summed E-state index contributed by atoms with van der Waals surface area (Å²) in [5.74, 6) is 0.0275. The summed E-state index contributed by atoms with van der Waals surface area (Å²) in [5.41, 5.74) is 12.0. The quantitative estimate of drug-likeness (QED) is 0.742. The number of aromatic nitrogens is 2. The number of nitrogen functional groups attached to an aromatic ring is 1. The van der Waals surface area contributed by atoms with E-state index in [1.54, 1.807) is 7.05 Å². The fourth-order valence-electron chi connectivity index (χ4n) is 1.35. The van der Waals surface area contributed by atoms with Crippen LogP contribution in [-0.2, 0) is 7.05 Å². The zero-order chi connectivity index (χ0) is 10.9. The van der Waals surface area contributed by atoms with Gasteiger partial charge in [-0.25, -0.2) is 0 Å². The highest BCUT2D eigenvalue weighted by atomic mass is 16.1. The molecule has 0 radical (unpaired) electrons. The molecule has 5 nitrogen and oxygen atoms in total. The van der Waals surface area contributed by atoms with Gasteiger partial charge in [-0.1, -0.05) is 13.8 Å². The lowest BCUT2D eigenvalue weighted by Crippen LogP contribution is -2.15. The fourth-order valence-corrected chi connectivity index (χ4v) is 1.35. The third-order valence-corrected chi connectivity index (χ3v) is 2.44. The van der Waals surface area contributed by atoms with Gasteiger partial charge in [-0.2, -0.15) is 5.10 Å². The number of nitrogens with zero attached hydrogens (tertiary/aromatic N) is 2. The van der Waals surface area contributed by atoms with Crippen LogP contribution in [0.4, 0.5) is 5.82 Å². The normalized spacial score (nSPS) is 12.8. The molecule has 0 aromatic carbocycles. The standard InChI is InChI=1S/C9H16N4O/c1-4-5(2)7-6(9(11)14)8(10)13(3)12-7/h5H,4,10H2,1-3H3,(H2,11,14). The second-order valence-corrected chi connectivity index (χ2v) is 3.44. The van der Waals surface area contributed by atoms with Gasteiger partial charge in [-0.05, 0) is 6.42 Å². The van der Waals surface area contributed by atoms with E-state index >= 15 is 0 Å². The van der Waals surface area contributed by atoms with Crippen LogP contribution in [0.2, 0.25) is 0 Å². The minimum Gasteiger partial charge on any atom is -0.383 e. The predicted octanol–water partition coefficient (Wildman–Crippen LogP) is 0.615. The molecule has 0 aliphatic carbocycles. The van der Waals surface area contributed by atoms with Crippen LogP contribution in [0.25, 0.3) is 0 Å². The number of aryl methyl sites for hydroxylation is 1. The van der Waals surface area contributed by atoms with E-state index in [9.17, 15) is 4.79 Å². The van der Waals surface area contributed by atoms with Crippen molar-refractivity contribution >= 4 is 11.7 Å². The molecule has 4 N–H and O–H groups in total. The van der Waals surface area contributed by atoms with Crippen molar-refractivity contribution in [3.63, 3.8) is 0 Å². The molecule has 0 bridgehead atoms. The second kappa shape index (κ2) is 3.69. The average Bonchev–Trinajstić information content (AvgIpc) is 2.42. The van der Waals surface area contributed by atoms with Crippen molar-refractivity contribution in [3.05, 3.63) is 11.3 Å². The molecular weight excluding hydrogens is 180 g/mol. The first kappa shape index (κ1) is 10.6. The van der Waals surface area contributed by atoms with E-state index in [0.717, 1.165) is 6.42 Å². The Bertz CT molecular complexity index is 356. The number of hydrogen-bond donors (Lipinski definition) is 2. The Morgan fingerprint density at radius 1 is 1.64 bits per heavy atom. The zero-order valence-electron chi connectivity index (χ0n) is 8.74. The maximum Gasteiger partial charge on any atom is 0.254 e. The molecule has 1 amide bonds. The first-order valence-corrected chi connectivity index (χ1v) is 4.61. The highest BCUT2D eigenvalue weighted by molar-refractivity contribution is 5.98. The summed E-state index contributed by atoms with van der Waals surface area (Å²) in [5, 5.41) is 4.19. The van der Waals surface area contributed by atoms with Gasteiger partial charge in [0.2, 0.25) is 0 Å². The van der Waals surface area contributed by atoms with Crippen molar-refractivity contribution in [2.75, 3.05) is 5.73 Å². The molecule has 1 heterocycles. The molecule has 1 rings (SSSR count). The Hall–Kier alpha value is -1.52. The van der Waals surface area contributed by atoms with E-state index in [1.807, 2.05) is 13.8 Å². The third-order valence-electron chi connectivity index (χ3n) is 2.44. The van der Waals surface area contributed by atoms with Crippen LogP contribution in [0, 0.1) is 0 Å². The van der Waals surface area contributed by atoms with Gasteiger partial charge >= 0.3 is 0 Å². The zero-order valence-corrected chi connectivity index (χ0v) is 8.74. The molecule has 1 aromatic heterocycles. The van der Waals surface area contributed by atoms with Crippen LogP contribution in [0.1, 0.15) is 42.2 Å². The summed E-state index contributed by atoms with van der Waals surface area (Å²) >= 11 is 0. The average molecular weight is 196 g/mol. The second-order valence-electron chi connectivity index (χ2n) is 3.44. The van der Waals surface area contributed by atoms with Crippen LogP contribution in [0.3, 0.4) is 0 Å². The molecule has 0 spiro atoms. The van der Waals surface area contributed by atoms with Crippen LogP contribution < -0.4 is 11.5 Å². The molecule has 0 aliphatic rings. The van der Waals surface area contributed by atoms with Gasteiger partial charge in [0, 0.05) is 13.0 Å². The van der Waals surface area contributed by atoms with Crippen LogP contribution in [0.15, 0.2) is 0 Å². The lowest BCUT2D eigenvalue weighted by atomic mass is 10.0. The maximum absolute atomic E-state index is 11.2. The molecule has 5 heteroatoms. The van der Waals surface area contributed by atoms with E-state index in [2.05, 4.69) is 5.10 Å². The van der Waals surface area contributed by atoms with E-state index in [4.69, 9.17) is 11.5 Å². The Balaban J connectivity index is 3.29. The molecule has 14 heavy (non-hydrogen) atoms. The van der Waals surface area contributed by atoms with E-state index in [1.165, 1.54) is 4.68 Å². The Labute approximate surface area is 83.1 Å². The van der Waals surface area contributed by atoms with Crippen molar-refractivity contribution in [1.82, 2.24) is 9.78 Å². The monoisotopic (exact) mass is 196 g/mol. The Morgan fingerprint density at radius 3 is 2.64 bits per heavy atom. The van der Waals surface area contributed by atoms with Gasteiger partial charge in [0.25, 0.3) is 5.91 Å².